The van der Waals surface area contributed by atoms with E-state index in [-0.39, 0.29) is 5.91 Å². The van der Waals surface area contributed by atoms with Gasteiger partial charge in [0.15, 0.2) is 0 Å². The zero-order valence-corrected chi connectivity index (χ0v) is 16.6. The van der Waals surface area contributed by atoms with E-state index in [1.807, 2.05) is 29.2 Å². The molecule has 2 aliphatic heterocycles. The molecule has 0 unspecified atom stereocenters. The van der Waals surface area contributed by atoms with Crippen LogP contribution in [0, 0.1) is 5.92 Å². The van der Waals surface area contributed by atoms with Gasteiger partial charge in [-0.25, -0.2) is 0 Å². The molecule has 0 aliphatic carbocycles. The number of likely N-dealkylation sites (tertiary alicyclic amines) is 1. The second-order valence-corrected chi connectivity index (χ2v) is 8.31. The van der Waals surface area contributed by atoms with Crippen LogP contribution >= 0.6 is 15.9 Å². The van der Waals surface area contributed by atoms with Crippen molar-refractivity contribution in [2.75, 3.05) is 45.9 Å². The lowest BCUT2D eigenvalue weighted by atomic mass is 9.93. The molecule has 0 spiro atoms. The number of carbonyl (C=O) groups excluding carboxylic acids is 1. The fourth-order valence-electron chi connectivity index (χ4n) is 4.00. The molecule has 1 aromatic heterocycles. The molecule has 0 atom stereocenters. The van der Waals surface area contributed by atoms with Crippen molar-refractivity contribution >= 4 is 32.7 Å². The maximum Gasteiger partial charge on any atom is 0.270 e. The van der Waals surface area contributed by atoms with E-state index in [2.05, 4.69) is 25.8 Å². The number of nitrogens with one attached hydrogen (secondary N) is 1. The van der Waals surface area contributed by atoms with Gasteiger partial charge in [0.2, 0.25) is 0 Å². The Kier molecular flexibility index (Phi) is 5.62. The lowest BCUT2D eigenvalue weighted by molar-refractivity contribution is 0.0332. The predicted molar refractivity (Wildman–Crippen MR) is 107 cm³/mol. The fraction of sp³-hybridized carbons (Fsp3) is 0.550. The summed E-state index contributed by atoms with van der Waals surface area (Å²) in [5, 5.41) is 1.08. The predicted octanol–water partition coefficient (Wildman–Crippen LogP) is 3.50. The second-order valence-electron chi connectivity index (χ2n) is 7.39. The van der Waals surface area contributed by atoms with Crippen molar-refractivity contribution in [1.82, 2.24) is 14.8 Å². The Morgan fingerprint density at radius 3 is 2.69 bits per heavy atom. The number of hydrogen-bond donors (Lipinski definition) is 1. The van der Waals surface area contributed by atoms with Crippen LogP contribution in [-0.4, -0.2) is 66.6 Å². The number of morpholine rings is 1. The lowest BCUT2D eigenvalue weighted by Crippen LogP contribution is -2.41. The molecule has 1 aromatic carbocycles. The van der Waals surface area contributed by atoms with Crippen molar-refractivity contribution < 1.29 is 9.53 Å². The highest BCUT2D eigenvalue weighted by molar-refractivity contribution is 9.10. The van der Waals surface area contributed by atoms with E-state index in [1.165, 1.54) is 13.0 Å². The normalized spacial score (nSPS) is 20.0. The van der Waals surface area contributed by atoms with Crippen molar-refractivity contribution in [1.29, 1.82) is 0 Å². The first-order valence-electron chi connectivity index (χ1n) is 9.57. The molecule has 140 valence electrons. The van der Waals surface area contributed by atoms with E-state index < -0.39 is 0 Å². The fourth-order valence-corrected chi connectivity index (χ4v) is 4.36. The molecule has 2 aromatic rings. The molecule has 1 amide bonds. The number of H-pyrrole nitrogens is 1. The van der Waals surface area contributed by atoms with Crippen LogP contribution in [0.15, 0.2) is 28.7 Å². The number of hydrogen-bond acceptors (Lipinski definition) is 3. The van der Waals surface area contributed by atoms with E-state index in [0.717, 1.165) is 73.5 Å². The van der Waals surface area contributed by atoms with Gasteiger partial charge < -0.3 is 14.6 Å². The Balaban J connectivity index is 1.29. The topological polar surface area (TPSA) is 48.6 Å². The first-order valence-corrected chi connectivity index (χ1v) is 10.4. The number of nitrogens with zero attached hydrogens (tertiary/aromatic N) is 2. The number of fused-ring (bicyclic) bond motifs is 1. The number of carbonyl (C=O) groups is 1. The Hall–Kier alpha value is -1.37. The third-order valence-electron chi connectivity index (χ3n) is 5.67. The van der Waals surface area contributed by atoms with Gasteiger partial charge in [-0.2, -0.15) is 0 Å². The van der Waals surface area contributed by atoms with E-state index in [1.54, 1.807) is 0 Å². The molecule has 0 bridgehead atoms. The third-order valence-corrected chi connectivity index (χ3v) is 6.17. The van der Waals surface area contributed by atoms with Gasteiger partial charge in [0.05, 0.1) is 13.2 Å². The van der Waals surface area contributed by atoms with Crippen LogP contribution in [0.3, 0.4) is 0 Å². The molecule has 1 N–H and O–H groups in total. The summed E-state index contributed by atoms with van der Waals surface area (Å²) in [6.45, 7) is 6.76. The van der Waals surface area contributed by atoms with Gasteiger partial charge in [-0.1, -0.05) is 22.0 Å². The second kappa shape index (κ2) is 8.11. The summed E-state index contributed by atoms with van der Waals surface area (Å²) in [6.07, 6.45) is 3.46. The van der Waals surface area contributed by atoms with Gasteiger partial charge >= 0.3 is 0 Å². The first-order chi connectivity index (χ1) is 12.7. The smallest absolute Gasteiger partial charge is 0.270 e. The number of rotatable bonds is 4. The highest BCUT2D eigenvalue weighted by atomic mass is 79.9. The molecule has 2 fully saturated rings. The van der Waals surface area contributed by atoms with Crippen LogP contribution in [0.1, 0.15) is 29.8 Å². The standard InChI is InChI=1S/C20H26BrN3O2/c21-17-2-1-16-13-19(22-18(16)14-17)20(25)24-7-4-15(5-8-24)3-6-23-9-11-26-12-10-23/h1-2,13-15,22H,3-12H2. The summed E-state index contributed by atoms with van der Waals surface area (Å²) < 4.78 is 6.43. The summed E-state index contributed by atoms with van der Waals surface area (Å²) >= 11 is 3.48. The average molecular weight is 420 g/mol. The summed E-state index contributed by atoms with van der Waals surface area (Å²) in [7, 11) is 0. The Labute approximate surface area is 162 Å². The van der Waals surface area contributed by atoms with E-state index >= 15 is 0 Å². The molecule has 2 aliphatic rings. The Bertz CT molecular complexity index is 762. The van der Waals surface area contributed by atoms with E-state index in [4.69, 9.17) is 4.74 Å². The number of piperidine rings is 1. The van der Waals surface area contributed by atoms with Crippen LogP contribution in [-0.2, 0) is 4.74 Å². The number of amides is 1. The molecule has 4 rings (SSSR count). The SMILES string of the molecule is O=C(c1cc2ccc(Br)cc2[nH]1)N1CCC(CCN2CCOCC2)CC1. The molecular formula is C20H26BrN3O2. The minimum Gasteiger partial charge on any atom is -0.379 e. The van der Waals surface area contributed by atoms with Gasteiger partial charge in [-0.3, -0.25) is 9.69 Å². The molecule has 2 saturated heterocycles. The van der Waals surface area contributed by atoms with E-state index in [9.17, 15) is 4.79 Å². The monoisotopic (exact) mass is 419 g/mol. The van der Waals surface area contributed by atoms with Gasteiger partial charge in [-0.05, 0) is 49.9 Å². The summed E-state index contributed by atoms with van der Waals surface area (Å²) in [4.78, 5) is 20.6. The summed E-state index contributed by atoms with van der Waals surface area (Å²) in [6, 6.07) is 8.02. The molecular weight excluding hydrogens is 394 g/mol. The highest BCUT2D eigenvalue weighted by Gasteiger charge is 2.25. The summed E-state index contributed by atoms with van der Waals surface area (Å²) in [5.74, 6) is 0.865. The quantitative estimate of drug-likeness (QED) is 0.824. The minimum atomic E-state index is 0.129. The first kappa shape index (κ1) is 18.0. The van der Waals surface area contributed by atoms with Crippen LogP contribution in [0.4, 0.5) is 0 Å². The summed E-state index contributed by atoms with van der Waals surface area (Å²) in [5.41, 5.74) is 1.70. The molecule has 3 heterocycles. The molecule has 0 saturated carbocycles. The van der Waals surface area contributed by atoms with Gasteiger partial charge in [0.1, 0.15) is 5.69 Å². The van der Waals surface area contributed by atoms with Crippen molar-refractivity contribution in [3.63, 3.8) is 0 Å². The largest absolute Gasteiger partial charge is 0.379 e. The molecule has 5 nitrogen and oxygen atoms in total. The maximum absolute atomic E-state index is 12.8. The lowest BCUT2D eigenvalue weighted by Gasteiger charge is -2.33. The Morgan fingerprint density at radius 1 is 1.15 bits per heavy atom. The van der Waals surface area contributed by atoms with Crippen LogP contribution in [0.25, 0.3) is 10.9 Å². The van der Waals surface area contributed by atoms with Crippen LogP contribution in [0.2, 0.25) is 0 Å². The van der Waals surface area contributed by atoms with Gasteiger partial charge in [0.25, 0.3) is 5.91 Å². The average Bonchev–Trinajstić information content (AvgIpc) is 3.10. The number of benzene rings is 1. The highest BCUT2D eigenvalue weighted by Crippen LogP contribution is 2.24. The number of aromatic nitrogens is 1. The van der Waals surface area contributed by atoms with Crippen LogP contribution < -0.4 is 0 Å². The van der Waals surface area contributed by atoms with Crippen molar-refractivity contribution in [3.05, 3.63) is 34.4 Å². The van der Waals surface area contributed by atoms with Crippen molar-refractivity contribution in [3.8, 4) is 0 Å². The maximum atomic E-state index is 12.8. The number of halogens is 1. The minimum absolute atomic E-state index is 0.129. The van der Waals surface area contributed by atoms with Crippen molar-refractivity contribution in [2.45, 2.75) is 19.3 Å². The molecule has 26 heavy (non-hydrogen) atoms. The number of aromatic amines is 1. The zero-order valence-electron chi connectivity index (χ0n) is 15.0. The molecule has 0 radical (unpaired) electrons. The Morgan fingerprint density at radius 2 is 1.92 bits per heavy atom. The number of ether oxygens (including phenoxy) is 1. The van der Waals surface area contributed by atoms with E-state index in [0.29, 0.717) is 5.69 Å². The zero-order chi connectivity index (χ0) is 17.9. The molecule has 6 heteroatoms. The van der Waals surface area contributed by atoms with Gasteiger partial charge in [-0.15, -0.1) is 0 Å². The van der Waals surface area contributed by atoms with Crippen LogP contribution in [0.5, 0.6) is 0 Å². The van der Waals surface area contributed by atoms with Crippen molar-refractivity contribution in [2.24, 2.45) is 5.92 Å². The third kappa shape index (κ3) is 4.13. The van der Waals surface area contributed by atoms with Gasteiger partial charge in [0, 0.05) is 41.6 Å².